The van der Waals surface area contributed by atoms with Gasteiger partial charge in [0.25, 0.3) is 0 Å². The Kier molecular flexibility index (Phi) is 4.24. The van der Waals surface area contributed by atoms with Crippen LogP contribution < -0.4 is 10.1 Å². The normalized spacial score (nSPS) is 17.4. The molecule has 0 bridgehead atoms. The highest BCUT2D eigenvalue weighted by atomic mass is 16.5. The van der Waals surface area contributed by atoms with Crippen LogP contribution in [0.4, 0.5) is 0 Å². The zero-order chi connectivity index (χ0) is 19.1. The molecular formula is C21H24N6O. The van der Waals surface area contributed by atoms with E-state index in [1.54, 1.807) is 7.11 Å². The van der Waals surface area contributed by atoms with Crippen LogP contribution in [0.15, 0.2) is 36.8 Å². The first-order valence-corrected chi connectivity index (χ1v) is 9.79. The summed E-state index contributed by atoms with van der Waals surface area (Å²) in [6.07, 6.45) is 5.97. The number of nitrogens with one attached hydrogen (secondary N) is 1. The van der Waals surface area contributed by atoms with Crippen LogP contribution in [0.1, 0.15) is 18.7 Å². The maximum atomic E-state index is 5.47. The van der Waals surface area contributed by atoms with Gasteiger partial charge >= 0.3 is 0 Å². The molecule has 0 saturated carbocycles. The number of methoxy groups -OCH3 is 1. The zero-order valence-corrected chi connectivity index (χ0v) is 16.2. The van der Waals surface area contributed by atoms with Gasteiger partial charge in [0, 0.05) is 18.3 Å². The molecule has 1 aliphatic heterocycles. The smallest absolute Gasteiger partial charge is 0.241 e. The van der Waals surface area contributed by atoms with Crippen molar-refractivity contribution in [1.29, 1.82) is 0 Å². The minimum absolute atomic E-state index is 0.577. The van der Waals surface area contributed by atoms with Gasteiger partial charge in [-0.05, 0) is 62.5 Å². The molecule has 4 aromatic rings. The minimum atomic E-state index is 0.577. The molecule has 1 aromatic carbocycles. The van der Waals surface area contributed by atoms with E-state index in [4.69, 9.17) is 9.72 Å². The van der Waals surface area contributed by atoms with Gasteiger partial charge in [0.2, 0.25) is 5.88 Å². The summed E-state index contributed by atoms with van der Waals surface area (Å²) < 4.78 is 9.64. The average molecular weight is 376 g/mol. The topological polar surface area (TPSA) is 69.3 Å². The summed E-state index contributed by atoms with van der Waals surface area (Å²) in [6.45, 7) is 5.32. The molecule has 0 amide bonds. The van der Waals surface area contributed by atoms with E-state index in [0.717, 1.165) is 47.6 Å². The Hall–Kier alpha value is -2.93. The molecule has 0 spiro atoms. The third kappa shape index (κ3) is 2.82. The molecule has 1 atom stereocenters. The van der Waals surface area contributed by atoms with Crippen LogP contribution in [-0.4, -0.2) is 44.3 Å². The Balaban J connectivity index is 1.61. The van der Waals surface area contributed by atoms with Crippen LogP contribution in [0.3, 0.4) is 0 Å². The average Bonchev–Trinajstić information content (AvgIpc) is 3.30. The predicted octanol–water partition coefficient (Wildman–Crippen LogP) is 3.06. The van der Waals surface area contributed by atoms with Crippen LogP contribution in [0, 0.1) is 12.8 Å². The van der Waals surface area contributed by atoms with Crippen LogP contribution >= 0.6 is 0 Å². The van der Waals surface area contributed by atoms with E-state index in [-0.39, 0.29) is 0 Å². The Morgan fingerprint density at radius 1 is 1.29 bits per heavy atom. The van der Waals surface area contributed by atoms with Gasteiger partial charge in [-0.1, -0.05) is 6.07 Å². The molecule has 1 unspecified atom stereocenters. The van der Waals surface area contributed by atoms with E-state index in [9.17, 15) is 0 Å². The van der Waals surface area contributed by atoms with Gasteiger partial charge in [0.05, 0.1) is 18.1 Å². The number of aryl methyl sites for hydroxylation is 1. The van der Waals surface area contributed by atoms with Gasteiger partial charge in [-0.2, -0.15) is 10.1 Å². The quantitative estimate of drug-likeness (QED) is 0.593. The van der Waals surface area contributed by atoms with Crippen LogP contribution in [-0.2, 0) is 6.54 Å². The predicted molar refractivity (Wildman–Crippen MR) is 109 cm³/mol. The molecule has 1 fully saturated rings. The van der Waals surface area contributed by atoms with Crippen molar-refractivity contribution in [2.75, 3.05) is 20.2 Å². The lowest BCUT2D eigenvalue weighted by atomic mass is 9.99. The molecule has 7 heteroatoms. The summed E-state index contributed by atoms with van der Waals surface area (Å²) in [6, 6.07) is 8.51. The SMILES string of the molecule is COc1ncnn2ccc(-c3ccc4nc(C)n(CC5CCCNC5)c4c3)c12. The van der Waals surface area contributed by atoms with E-state index in [1.165, 1.54) is 24.7 Å². The van der Waals surface area contributed by atoms with Gasteiger partial charge in [-0.15, -0.1) is 0 Å². The van der Waals surface area contributed by atoms with Crippen molar-refractivity contribution in [3.05, 3.63) is 42.6 Å². The second-order valence-electron chi connectivity index (χ2n) is 7.48. The second-order valence-corrected chi connectivity index (χ2v) is 7.48. The van der Waals surface area contributed by atoms with E-state index in [1.807, 2.05) is 10.7 Å². The highest BCUT2D eigenvalue weighted by Gasteiger charge is 2.18. The Morgan fingerprint density at radius 3 is 3.04 bits per heavy atom. The van der Waals surface area contributed by atoms with Gasteiger partial charge < -0.3 is 14.6 Å². The maximum absolute atomic E-state index is 5.47. The minimum Gasteiger partial charge on any atom is -0.479 e. The lowest BCUT2D eigenvalue weighted by molar-refractivity contribution is 0.338. The Labute approximate surface area is 163 Å². The standard InChI is InChI=1S/C21H24N6O/c1-14-25-18-6-5-16(10-19(18)26(14)12-15-4-3-8-22-11-15)17-7-9-27-20(17)21(28-2)23-13-24-27/h5-7,9-10,13,15,22H,3-4,8,11-12H2,1-2H3. The number of piperidine rings is 1. The number of aromatic nitrogens is 5. The van der Waals surface area contributed by atoms with Gasteiger partial charge in [-0.3, -0.25) is 0 Å². The third-order valence-electron chi connectivity index (χ3n) is 5.70. The number of imidazole rings is 1. The summed E-state index contributed by atoms with van der Waals surface area (Å²) in [7, 11) is 1.64. The maximum Gasteiger partial charge on any atom is 0.241 e. The van der Waals surface area contributed by atoms with Gasteiger partial charge in [0.1, 0.15) is 17.7 Å². The van der Waals surface area contributed by atoms with Crippen molar-refractivity contribution in [3.63, 3.8) is 0 Å². The number of hydrogen-bond acceptors (Lipinski definition) is 5. The number of nitrogens with zero attached hydrogens (tertiary/aromatic N) is 5. The van der Waals surface area contributed by atoms with Crippen LogP contribution in [0.5, 0.6) is 5.88 Å². The van der Waals surface area contributed by atoms with Crippen molar-refractivity contribution in [2.24, 2.45) is 5.92 Å². The fourth-order valence-corrected chi connectivity index (χ4v) is 4.29. The summed E-state index contributed by atoms with van der Waals surface area (Å²) in [5.74, 6) is 2.30. The molecule has 144 valence electrons. The Morgan fingerprint density at radius 2 is 2.21 bits per heavy atom. The molecule has 4 heterocycles. The van der Waals surface area contributed by atoms with Crippen LogP contribution in [0.2, 0.25) is 0 Å². The number of hydrogen-bond donors (Lipinski definition) is 1. The molecule has 0 radical (unpaired) electrons. The summed E-state index contributed by atoms with van der Waals surface area (Å²) in [5, 5.41) is 7.82. The van der Waals surface area contributed by atoms with Crippen molar-refractivity contribution in [3.8, 4) is 17.0 Å². The molecule has 1 aliphatic rings. The van der Waals surface area contributed by atoms with Crippen molar-refractivity contribution >= 4 is 16.6 Å². The second kappa shape index (κ2) is 6.91. The van der Waals surface area contributed by atoms with Crippen molar-refractivity contribution < 1.29 is 4.74 Å². The third-order valence-corrected chi connectivity index (χ3v) is 5.70. The molecule has 1 N–H and O–H groups in total. The summed E-state index contributed by atoms with van der Waals surface area (Å²) >= 11 is 0. The molecule has 7 nitrogen and oxygen atoms in total. The van der Waals surface area contributed by atoms with Gasteiger partial charge in [-0.25, -0.2) is 9.50 Å². The first-order valence-electron chi connectivity index (χ1n) is 9.79. The fraction of sp³-hybridized carbons (Fsp3) is 0.381. The summed E-state index contributed by atoms with van der Waals surface area (Å²) in [5.41, 5.74) is 5.27. The lowest BCUT2D eigenvalue weighted by Crippen LogP contribution is -2.32. The van der Waals surface area contributed by atoms with E-state index in [0.29, 0.717) is 11.8 Å². The molecule has 0 aliphatic carbocycles. The fourth-order valence-electron chi connectivity index (χ4n) is 4.29. The van der Waals surface area contributed by atoms with E-state index in [2.05, 4.69) is 51.2 Å². The molecular weight excluding hydrogens is 352 g/mol. The molecule has 28 heavy (non-hydrogen) atoms. The summed E-state index contributed by atoms with van der Waals surface area (Å²) in [4.78, 5) is 9.05. The number of fused-ring (bicyclic) bond motifs is 2. The lowest BCUT2D eigenvalue weighted by Gasteiger charge is -2.24. The number of benzene rings is 1. The Bertz CT molecular complexity index is 1140. The monoisotopic (exact) mass is 376 g/mol. The largest absolute Gasteiger partial charge is 0.479 e. The first kappa shape index (κ1) is 17.2. The molecule has 5 rings (SSSR count). The number of ether oxygens (including phenoxy) is 1. The highest BCUT2D eigenvalue weighted by molar-refractivity contribution is 5.89. The zero-order valence-electron chi connectivity index (χ0n) is 16.2. The van der Waals surface area contributed by atoms with E-state index >= 15 is 0 Å². The van der Waals surface area contributed by atoms with Crippen molar-refractivity contribution in [2.45, 2.75) is 26.3 Å². The molecule has 1 saturated heterocycles. The highest BCUT2D eigenvalue weighted by Crippen LogP contribution is 2.32. The first-order chi connectivity index (χ1) is 13.7. The van der Waals surface area contributed by atoms with Gasteiger partial charge in [0.15, 0.2) is 0 Å². The van der Waals surface area contributed by atoms with Crippen molar-refractivity contribution in [1.82, 2.24) is 29.5 Å². The molecule has 3 aromatic heterocycles. The van der Waals surface area contributed by atoms with Crippen LogP contribution in [0.25, 0.3) is 27.7 Å². The number of rotatable bonds is 4. The van der Waals surface area contributed by atoms with E-state index < -0.39 is 0 Å².